The molecule has 0 radical (unpaired) electrons. The summed E-state index contributed by atoms with van der Waals surface area (Å²) in [6, 6.07) is 1.84. The summed E-state index contributed by atoms with van der Waals surface area (Å²) in [4.78, 5) is 11.1. The molecular formula is C13H22N4O. The van der Waals surface area contributed by atoms with E-state index in [4.69, 9.17) is 10.5 Å². The minimum Gasteiger partial charge on any atom is -0.384 e. The van der Waals surface area contributed by atoms with Gasteiger partial charge in [0.05, 0.1) is 12.2 Å². The number of rotatable bonds is 2. The Kier molecular flexibility index (Phi) is 3.43. The molecule has 0 amide bonds. The van der Waals surface area contributed by atoms with E-state index in [1.807, 2.05) is 6.07 Å². The summed E-state index contributed by atoms with van der Waals surface area (Å²) < 4.78 is 5.71. The van der Waals surface area contributed by atoms with Gasteiger partial charge in [0.15, 0.2) is 0 Å². The third-order valence-electron chi connectivity index (χ3n) is 3.02. The Balaban J connectivity index is 2.27. The van der Waals surface area contributed by atoms with Crippen molar-refractivity contribution in [1.82, 2.24) is 9.97 Å². The van der Waals surface area contributed by atoms with Gasteiger partial charge in [0.25, 0.3) is 0 Å². The van der Waals surface area contributed by atoms with Gasteiger partial charge in [-0.3, -0.25) is 0 Å². The maximum Gasteiger partial charge on any atom is 0.135 e. The van der Waals surface area contributed by atoms with Gasteiger partial charge in [-0.05, 0) is 13.8 Å². The van der Waals surface area contributed by atoms with Gasteiger partial charge in [0.2, 0.25) is 0 Å². The lowest BCUT2D eigenvalue weighted by atomic mass is 10.1. The molecule has 0 aromatic carbocycles. The van der Waals surface area contributed by atoms with Crippen molar-refractivity contribution in [2.75, 3.05) is 30.3 Å². The Morgan fingerprint density at radius 3 is 2.72 bits per heavy atom. The van der Waals surface area contributed by atoms with Crippen LogP contribution in [0.15, 0.2) is 6.07 Å². The lowest BCUT2D eigenvalue weighted by Gasteiger charge is -2.38. The summed E-state index contributed by atoms with van der Waals surface area (Å²) >= 11 is 0. The first-order valence-corrected chi connectivity index (χ1v) is 6.41. The van der Waals surface area contributed by atoms with Crippen LogP contribution in [0.4, 0.5) is 11.6 Å². The molecule has 1 aliphatic rings. The van der Waals surface area contributed by atoms with E-state index in [1.165, 1.54) is 0 Å². The first kappa shape index (κ1) is 13.1. The van der Waals surface area contributed by atoms with Crippen LogP contribution in [0, 0.1) is 0 Å². The fourth-order valence-corrected chi connectivity index (χ4v) is 2.10. The number of anilines is 2. The average Bonchev–Trinajstić information content (AvgIpc) is 2.26. The second-order valence-corrected chi connectivity index (χ2v) is 5.69. The molecule has 5 nitrogen and oxygen atoms in total. The van der Waals surface area contributed by atoms with Crippen LogP contribution in [0.1, 0.15) is 39.4 Å². The lowest BCUT2D eigenvalue weighted by molar-refractivity contribution is -0.0279. The molecule has 1 aromatic rings. The number of hydrogen-bond donors (Lipinski definition) is 1. The van der Waals surface area contributed by atoms with Gasteiger partial charge in [0, 0.05) is 25.1 Å². The SMILES string of the molecule is CC(C)c1nc(N)cc(N2CCOC(C)(C)C2)n1. The van der Waals surface area contributed by atoms with E-state index in [0.29, 0.717) is 12.4 Å². The van der Waals surface area contributed by atoms with Crippen LogP contribution in [-0.4, -0.2) is 35.3 Å². The van der Waals surface area contributed by atoms with E-state index in [2.05, 4.69) is 42.6 Å². The number of hydrogen-bond acceptors (Lipinski definition) is 5. The quantitative estimate of drug-likeness (QED) is 0.867. The number of morpholine rings is 1. The van der Waals surface area contributed by atoms with Gasteiger partial charge in [-0.15, -0.1) is 0 Å². The summed E-state index contributed by atoms with van der Waals surface area (Å²) in [5.41, 5.74) is 5.72. The highest BCUT2D eigenvalue weighted by Crippen LogP contribution is 2.24. The fraction of sp³-hybridized carbons (Fsp3) is 0.692. The summed E-state index contributed by atoms with van der Waals surface area (Å²) in [6.07, 6.45) is 0. The molecule has 1 aliphatic heterocycles. The normalized spacial score (nSPS) is 19.3. The topological polar surface area (TPSA) is 64.3 Å². The van der Waals surface area contributed by atoms with Gasteiger partial charge in [-0.2, -0.15) is 0 Å². The molecule has 0 atom stereocenters. The molecule has 18 heavy (non-hydrogen) atoms. The number of nitrogen functional groups attached to an aromatic ring is 1. The molecule has 0 unspecified atom stereocenters. The summed E-state index contributed by atoms with van der Waals surface area (Å²) in [5.74, 6) is 2.52. The van der Waals surface area contributed by atoms with Crippen molar-refractivity contribution < 1.29 is 4.74 Å². The highest BCUT2D eigenvalue weighted by molar-refractivity contribution is 5.48. The molecule has 0 bridgehead atoms. The van der Waals surface area contributed by atoms with Crippen molar-refractivity contribution in [2.45, 2.75) is 39.2 Å². The Morgan fingerprint density at radius 1 is 1.39 bits per heavy atom. The molecule has 1 fully saturated rings. The largest absolute Gasteiger partial charge is 0.384 e. The van der Waals surface area contributed by atoms with Gasteiger partial charge >= 0.3 is 0 Å². The van der Waals surface area contributed by atoms with Crippen molar-refractivity contribution in [3.8, 4) is 0 Å². The number of nitrogens with two attached hydrogens (primary N) is 1. The smallest absolute Gasteiger partial charge is 0.135 e. The number of ether oxygens (including phenoxy) is 1. The molecule has 2 N–H and O–H groups in total. The van der Waals surface area contributed by atoms with Crippen LogP contribution in [0.25, 0.3) is 0 Å². The first-order valence-electron chi connectivity index (χ1n) is 6.41. The van der Waals surface area contributed by atoms with Crippen LogP contribution in [-0.2, 0) is 4.74 Å². The van der Waals surface area contributed by atoms with Crippen LogP contribution in [0.3, 0.4) is 0 Å². The second kappa shape index (κ2) is 4.72. The van der Waals surface area contributed by atoms with Crippen molar-refractivity contribution in [3.63, 3.8) is 0 Å². The van der Waals surface area contributed by atoms with Crippen LogP contribution in [0.2, 0.25) is 0 Å². The van der Waals surface area contributed by atoms with Crippen LogP contribution >= 0.6 is 0 Å². The zero-order chi connectivity index (χ0) is 13.3. The van der Waals surface area contributed by atoms with E-state index in [9.17, 15) is 0 Å². The van der Waals surface area contributed by atoms with Gasteiger partial charge in [-0.25, -0.2) is 9.97 Å². The van der Waals surface area contributed by atoms with E-state index in [1.54, 1.807) is 0 Å². The summed E-state index contributed by atoms with van der Waals surface area (Å²) in [5, 5.41) is 0. The molecule has 100 valence electrons. The minimum atomic E-state index is -0.143. The van der Waals surface area contributed by atoms with Gasteiger partial charge < -0.3 is 15.4 Å². The summed E-state index contributed by atoms with van der Waals surface area (Å²) in [7, 11) is 0. The second-order valence-electron chi connectivity index (χ2n) is 5.69. The molecule has 5 heteroatoms. The van der Waals surface area contributed by atoms with Crippen molar-refractivity contribution in [2.24, 2.45) is 0 Å². The number of nitrogens with zero attached hydrogens (tertiary/aromatic N) is 3. The standard InChI is InChI=1S/C13H22N4O/c1-9(2)12-15-10(14)7-11(16-12)17-5-6-18-13(3,4)8-17/h7,9H,5-6,8H2,1-4H3,(H2,14,15,16). The highest BCUT2D eigenvalue weighted by atomic mass is 16.5. The predicted molar refractivity (Wildman–Crippen MR) is 72.8 cm³/mol. The van der Waals surface area contributed by atoms with Crippen molar-refractivity contribution in [1.29, 1.82) is 0 Å². The van der Waals surface area contributed by atoms with E-state index in [0.717, 1.165) is 24.7 Å². The van der Waals surface area contributed by atoms with E-state index in [-0.39, 0.29) is 11.5 Å². The zero-order valence-electron chi connectivity index (χ0n) is 11.6. The van der Waals surface area contributed by atoms with Gasteiger partial charge in [0.1, 0.15) is 17.5 Å². The highest BCUT2D eigenvalue weighted by Gasteiger charge is 2.28. The van der Waals surface area contributed by atoms with Crippen LogP contribution in [0.5, 0.6) is 0 Å². The Hall–Kier alpha value is -1.36. The Labute approximate surface area is 108 Å². The Bertz CT molecular complexity index is 431. The minimum absolute atomic E-state index is 0.143. The van der Waals surface area contributed by atoms with Crippen molar-refractivity contribution >= 4 is 11.6 Å². The average molecular weight is 250 g/mol. The third kappa shape index (κ3) is 2.90. The fourth-order valence-electron chi connectivity index (χ4n) is 2.10. The molecule has 0 spiro atoms. The van der Waals surface area contributed by atoms with Gasteiger partial charge in [-0.1, -0.05) is 13.8 Å². The third-order valence-corrected chi connectivity index (χ3v) is 3.02. The molecule has 0 saturated carbocycles. The lowest BCUT2D eigenvalue weighted by Crippen LogP contribution is -2.48. The zero-order valence-corrected chi connectivity index (χ0v) is 11.6. The molecular weight excluding hydrogens is 228 g/mol. The van der Waals surface area contributed by atoms with Crippen LogP contribution < -0.4 is 10.6 Å². The molecule has 1 saturated heterocycles. The monoisotopic (exact) mass is 250 g/mol. The maximum absolute atomic E-state index is 5.86. The maximum atomic E-state index is 5.86. The molecule has 2 heterocycles. The molecule has 1 aromatic heterocycles. The predicted octanol–water partition coefficient (Wildman–Crippen LogP) is 1.80. The molecule has 0 aliphatic carbocycles. The van der Waals surface area contributed by atoms with E-state index < -0.39 is 0 Å². The van der Waals surface area contributed by atoms with Crippen molar-refractivity contribution in [3.05, 3.63) is 11.9 Å². The molecule has 2 rings (SSSR count). The number of aromatic nitrogens is 2. The van der Waals surface area contributed by atoms with E-state index >= 15 is 0 Å². The summed E-state index contributed by atoms with van der Waals surface area (Å²) in [6.45, 7) is 10.7. The Morgan fingerprint density at radius 2 is 2.11 bits per heavy atom. The first-order chi connectivity index (χ1) is 8.37.